The third-order valence-electron chi connectivity index (χ3n) is 5.34. The Labute approximate surface area is 162 Å². The van der Waals surface area contributed by atoms with Gasteiger partial charge in [0.25, 0.3) is 0 Å². The summed E-state index contributed by atoms with van der Waals surface area (Å²) < 4.78 is 0. The topological polar surface area (TPSA) is 144 Å². The van der Waals surface area contributed by atoms with Crippen molar-refractivity contribution >= 4 is 17.4 Å². The van der Waals surface area contributed by atoms with Gasteiger partial charge in [-0.05, 0) is 59.4 Å². The molecular weight excluding hydrogens is 354 g/mol. The van der Waals surface area contributed by atoms with E-state index >= 15 is 0 Å². The Bertz CT molecular complexity index is 962. The smallest absolute Gasteiger partial charge is 0.248 e. The molecule has 0 saturated carbocycles. The van der Waals surface area contributed by atoms with E-state index in [4.69, 9.17) is 17.2 Å². The van der Waals surface area contributed by atoms with E-state index in [1.165, 1.54) is 0 Å². The number of benzene rings is 2. The lowest BCUT2D eigenvalue weighted by Crippen LogP contribution is -2.48. The van der Waals surface area contributed by atoms with Gasteiger partial charge in [0.05, 0.1) is 5.41 Å². The number of carbonyl (C=O) groups is 1. The predicted molar refractivity (Wildman–Crippen MR) is 110 cm³/mol. The Morgan fingerprint density at radius 3 is 2.25 bits per heavy atom. The fourth-order valence-electron chi connectivity index (χ4n) is 4.23. The quantitative estimate of drug-likeness (QED) is 0.451. The highest BCUT2D eigenvalue weighted by molar-refractivity contribution is 6.05. The number of amidine groups is 1. The molecule has 2 aliphatic rings. The lowest BCUT2D eigenvalue weighted by atomic mass is 9.72. The minimum Gasteiger partial charge on any atom is -0.399 e. The first-order valence-electron chi connectivity index (χ1n) is 8.98. The average Bonchev–Trinajstić information content (AvgIpc) is 3.27. The average molecular weight is 377 g/mol. The van der Waals surface area contributed by atoms with Crippen molar-refractivity contribution in [1.29, 1.82) is 0 Å². The van der Waals surface area contributed by atoms with E-state index in [0.717, 1.165) is 27.8 Å². The molecule has 8 nitrogen and oxygen atoms in total. The number of hydrogen-bond donors (Lipinski definition) is 6. The van der Waals surface area contributed by atoms with Gasteiger partial charge in [0.15, 0.2) is 5.84 Å². The van der Waals surface area contributed by atoms with Crippen LogP contribution in [0.1, 0.15) is 40.4 Å². The number of nitrogens with zero attached hydrogens (tertiary/aromatic N) is 1. The predicted octanol–water partition coefficient (Wildman–Crippen LogP) is 0.645. The molecule has 1 amide bonds. The van der Waals surface area contributed by atoms with Crippen molar-refractivity contribution in [3.05, 3.63) is 65.2 Å². The van der Waals surface area contributed by atoms with Gasteiger partial charge in [0.1, 0.15) is 0 Å². The molecule has 28 heavy (non-hydrogen) atoms. The third-order valence-corrected chi connectivity index (χ3v) is 5.34. The van der Waals surface area contributed by atoms with E-state index in [-0.39, 0.29) is 6.04 Å². The van der Waals surface area contributed by atoms with Gasteiger partial charge in [0.2, 0.25) is 5.91 Å². The molecule has 0 fully saturated rings. The van der Waals surface area contributed by atoms with Crippen LogP contribution >= 0.6 is 0 Å². The number of hydrazone groups is 1. The summed E-state index contributed by atoms with van der Waals surface area (Å²) in [5.41, 5.74) is 31.4. The zero-order chi connectivity index (χ0) is 20.1. The monoisotopic (exact) mass is 377 g/mol. The fourth-order valence-corrected chi connectivity index (χ4v) is 4.23. The fraction of sp³-hybridized carbons (Fsp3) is 0.200. The van der Waals surface area contributed by atoms with E-state index in [1.54, 1.807) is 6.07 Å². The minimum absolute atomic E-state index is 0.108. The summed E-state index contributed by atoms with van der Waals surface area (Å²) in [6, 6.07) is 11.3. The van der Waals surface area contributed by atoms with E-state index in [2.05, 4.69) is 28.2 Å². The number of amides is 1. The SMILES string of the molecule is C=C(N)c1ccc2c(c1)-c1cc(C(N)=O)ccc1C2(C[C@H](C)N)C1=NNNN1. The Hall–Kier alpha value is -3.36. The van der Waals surface area contributed by atoms with Gasteiger partial charge in [0, 0.05) is 17.3 Å². The molecule has 1 heterocycles. The van der Waals surface area contributed by atoms with Crippen molar-refractivity contribution in [2.45, 2.75) is 24.8 Å². The van der Waals surface area contributed by atoms with Crippen LogP contribution in [0, 0.1) is 0 Å². The first kappa shape index (κ1) is 18.0. The normalized spacial score (nSPS) is 20.4. The number of carbonyl (C=O) groups excluding carboxylic acids is 1. The molecular formula is C20H23N7O. The van der Waals surface area contributed by atoms with Gasteiger partial charge in [-0.3, -0.25) is 10.2 Å². The molecule has 0 bridgehead atoms. The number of primary amides is 1. The van der Waals surface area contributed by atoms with Crippen molar-refractivity contribution in [2.75, 3.05) is 0 Å². The van der Waals surface area contributed by atoms with Gasteiger partial charge >= 0.3 is 0 Å². The van der Waals surface area contributed by atoms with E-state index in [9.17, 15) is 4.79 Å². The molecule has 8 heteroatoms. The van der Waals surface area contributed by atoms with Gasteiger partial charge in [-0.1, -0.05) is 24.8 Å². The second kappa shape index (κ2) is 6.36. The summed E-state index contributed by atoms with van der Waals surface area (Å²) in [4.78, 5) is 11.8. The first-order chi connectivity index (χ1) is 13.3. The molecule has 0 aromatic heterocycles. The highest BCUT2D eigenvalue weighted by Crippen LogP contribution is 2.52. The van der Waals surface area contributed by atoms with Crippen LogP contribution in [0.4, 0.5) is 0 Å². The molecule has 0 saturated heterocycles. The number of nitrogens with one attached hydrogen (secondary N) is 3. The second-order valence-corrected chi connectivity index (χ2v) is 7.32. The second-order valence-electron chi connectivity index (χ2n) is 7.32. The van der Waals surface area contributed by atoms with Crippen molar-refractivity contribution < 1.29 is 4.79 Å². The molecule has 1 aliphatic carbocycles. The highest BCUT2D eigenvalue weighted by atomic mass is 16.1. The molecule has 0 spiro atoms. The van der Waals surface area contributed by atoms with E-state index in [0.29, 0.717) is 23.5 Å². The van der Waals surface area contributed by atoms with Crippen LogP contribution in [0.25, 0.3) is 16.8 Å². The number of fused-ring (bicyclic) bond motifs is 3. The van der Waals surface area contributed by atoms with Crippen LogP contribution < -0.4 is 33.7 Å². The lowest BCUT2D eigenvalue weighted by Gasteiger charge is -2.33. The van der Waals surface area contributed by atoms with Crippen molar-refractivity contribution in [3.63, 3.8) is 0 Å². The first-order valence-corrected chi connectivity index (χ1v) is 8.98. The molecule has 2 aromatic rings. The maximum atomic E-state index is 11.8. The Balaban J connectivity index is 2.06. The molecule has 1 unspecified atom stereocenters. The molecule has 4 rings (SSSR count). The number of nitrogens with two attached hydrogens (primary N) is 3. The molecule has 0 radical (unpaired) electrons. The summed E-state index contributed by atoms with van der Waals surface area (Å²) in [5.74, 6) is 0.226. The highest BCUT2D eigenvalue weighted by Gasteiger charge is 2.49. The molecule has 144 valence electrons. The van der Waals surface area contributed by atoms with Crippen LogP contribution in [0.2, 0.25) is 0 Å². The van der Waals surface area contributed by atoms with Crippen LogP contribution in [0.5, 0.6) is 0 Å². The minimum atomic E-state index is -0.611. The maximum absolute atomic E-state index is 11.8. The Morgan fingerprint density at radius 2 is 1.75 bits per heavy atom. The van der Waals surface area contributed by atoms with Crippen LogP contribution in [0.3, 0.4) is 0 Å². The van der Waals surface area contributed by atoms with Crippen molar-refractivity contribution in [2.24, 2.45) is 22.3 Å². The lowest BCUT2D eigenvalue weighted by molar-refractivity contribution is 0.100. The van der Waals surface area contributed by atoms with Crippen LogP contribution in [-0.2, 0) is 5.41 Å². The summed E-state index contributed by atoms with van der Waals surface area (Å²) in [6.07, 6.45) is 0.612. The summed E-state index contributed by atoms with van der Waals surface area (Å²) in [5, 5.41) is 4.41. The van der Waals surface area contributed by atoms with Gasteiger partial charge in [-0.15, -0.1) is 10.6 Å². The van der Waals surface area contributed by atoms with E-state index < -0.39 is 11.3 Å². The standard InChI is InChI=1S/C20H23N7O/c1-10(21)9-20(19-24-26-27-25-19)16-5-3-12(11(2)22)7-14(16)15-8-13(18(23)28)4-6-17(15)20/h3-8,10,26-27H,2,9,21-22H2,1H3,(H2,23,28)(H,24,25)/t10-,20?/m0/s1. The summed E-state index contributed by atoms with van der Waals surface area (Å²) in [7, 11) is 0. The molecule has 2 atom stereocenters. The van der Waals surface area contributed by atoms with Crippen LogP contribution in [-0.4, -0.2) is 17.8 Å². The zero-order valence-electron chi connectivity index (χ0n) is 15.5. The van der Waals surface area contributed by atoms with Crippen LogP contribution in [0.15, 0.2) is 48.1 Å². The summed E-state index contributed by atoms with van der Waals surface area (Å²) >= 11 is 0. The van der Waals surface area contributed by atoms with Crippen molar-refractivity contribution in [3.8, 4) is 11.1 Å². The largest absolute Gasteiger partial charge is 0.399 e. The Kier molecular flexibility index (Phi) is 4.10. The molecule has 9 N–H and O–H groups in total. The van der Waals surface area contributed by atoms with Gasteiger partial charge in [-0.25, -0.2) is 5.53 Å². The van der Waals surface area contributed by atoms with Crippen molar-refractivity contribution in [1.82, 2.24) is 16.5 Å². The van der Waals surface area contributed by atoms with Gasteiger partial charge in [-0.2, -0.15) is 0 Å². The maximum Gasteiger partial charge on any atom is 0.248 e. The van der Waals surface area contributed by atoms with E-state index in [1.807, 2.05) is 37.3 Å². The summed E-state index contributed by atoms with van der Waals surface area (Å²) in [6.45, 7) is 5.80. The molecule has 2 aromatic carbocycles. The number of hydrogen-bond acceptors (Lipinski definition) is 7. The number of rotatable bonds is 5. The molecule has 1 aliphatic heterocycles. The van der Waals surface area contributed by atoms with Gasteiger partial charge < -0.3 is 17.2 Å². The Morgan fingerprint density at radius 1 is 1.14 bits per heavy atom. The number of hydrazine groups is 2. The third kappa shape index (κ3) is 2.54. The zero-order valence-corrected chi connectivity index (χ0v) is 15.5.